The van der Waals surface area contributed by atoms with Crippen LogP contribution in [-0.4, -0.2) is 95.8 Å². The zero-order valence-corrected chi connectivity index (χ0v) is 17.6. The normalized spacial score (nSPS) is 19.4. The summed E-state index contributed by atoms with van der Waals surface area (Å²) in [5.41, 5.74) is 0.292. The molecule has 2 aliphatic heterocycles. The van der Waals surface area contributed by atoms with Gasteiger partial charge in [-0.2, -0.15) is 0 Å². The number of nitrogens with zero attached hydrogens (tertiary/aromatic N) is 4. The fourth-order valence-electron chi connectivity index (χ4n) is 3.55. The lowest BCUT2D eigenvalue weighted by Gasteiger charge is -2.33. The second-order valence-electron chi connectivity index (χ2n) is 7.40. The van der Waals surface area contributed by atoms with Crippen LogP contribution in [0.1, 0.15) is 6.42 Å². The van der Waals surface area contributed by atoms with Crippen LogP contribution in [0, 0.1) is 10.1 Å². The lowest BCUT2D eigenvalue weighted by atomic mass is 10.2. The summed E-state index contributed by atoms with van der Waals surface area (Å²) >= 11 is 0. The number of hydrogen-bond acceptors (Lipinski definition) is 8. The van der Waals surface area contributed by atoms with Crippen LogP contribution in [0.25, 0.3) is 0 Å². The van der Waals surface area contributed by atoms with Crippen LogP contribution in [0.2, 0.25) is 0 Å². The first-order valence-electron chi connectivity index (χ1n) is 9.88. The highest BCUT2D eigenvalue weighted by molar-refractivity contribution is 7.89. The molecule has 0 saturated carbocycles. The molecule has 2 aliphatic rings. The van der Waals surface area contributed by atoms with Crippen molar-refractivity contribution >= 4 is 21.4 Å². The molecule has 11 heteroatoms. The lowest BCUT2D eigenvalue weighted by molar-refractivity contribution is -0.384. The van der Waals surface area contributed by atoms with E-state index in [1.54, 1.807) is 6.07 Å². The van der Waals surface area contributed by atoms with Gasteiger partial charge in [0.2, 0.25) is 10.0 Å². The molecule has 1 aromatic rings. The van der Waals surface area contributed by atoms with Gasteiger partial charge < -0.3 is 14.5 Å². The first-order valence-corrected chi connectivity index (χ1v) is 11.4. The molecule has 1 N–H and O–H groups in total. The third-order valence-electron chi connectivity index (χ3n) is 5.34. The van der Waals surface area contributed by atoms with E-state index < -0.39 is 14.9 Å². The van der Waals surface area contributed by atoms with E-state index in [1.807, 2.05) is 11.9 Å². The van der Waals surface area contributed by atoms with Crippen LogP contribution in [-0.2, 0) is 14.8 Å². The molecule has 0 aromatic heterocycles. The van der Waals surface area contributed by atoms with Crippen molar-refractivity contribution in [3.63, 3.8) is 0 Å². The van der Waals surface area contributed by atoms with Gasteiger partial charge in [0.05, 0.1) is 23.0 Å². The van der Waals surface area contributed by atoms with Gasteiger partial charge in [-0.25, -0.2) is 13.1 Å². The van der Waals surface area contributed by atoms with Gasteiger partial charge in [0, 0.05) is 51.9 Å². The Labute approximate surface area is 171 Å². The first-order chi connectivity index (χ1) is 13.9. The van der Waals surface area contributed by atoms with Crippen molar-refractivity contribution in [3.05, 3.63) is 28.3 Å². The Morgan fingerprint density at radius 1 is 1.14 bits per heavy atom. The van der Waals surface area contributed by atoms with Crippen LogP contribution in [0.5, 0.6) is 0 Å². The minimum absolute atomic E-state index is 0.0755. The molecule has 0 bridgehead atoms. The van der Waals surface area contributed by atoms with Crippen molar-refractivity contribution in [3.8, 4) is 0 Å². The molecule has 162 valence electrons. The van der Waals surface area contributed by atoms with E-state index in [9.17, 15) is 18.5 Å². The highest BCUT2D eigenvalue weighted by Crippen LogP contribution is 2.31. The van der Waals surface area contributed by atoms with Crippen molar-refractivity contribution in [1.82, 2.24) is 14.5 Å². The van der Waals surface area contributed by atoms with Gasteiger partial charge in [-0.15, -0.1) is 0 Å². The molecule has 29 heavy (non-hydrogen) atoms. The molecule has 2 saturated heterocycles. The largest absolute Gasteiger partial charge is 0.379 e. The molecule has 2 fully saturated rings. The van der Waals surface area contributed by atoms with Crippen molar-refractivity contribution in [2.75, 3.05) is 77.5 Å². The van der Waals surface area contributed by atoms with Gasteiger partial charge in [0.15, 0.2) is 0 Å². The summed E-state index contributed by atoms with van der Waals surface area (Å²) in [6, 6.07) is 4.16. The van der Waals surface area contributed by atoms with Crippen molar-refractivity contribution < 1.29 is 18.1 Å². The number of sulfonamides is 1. The molecule has 0 radical (unpaired) electrons. The van der Waals surface area contributed by atoms with Crippen molar-refractivity contribution in [1.29, 1.82) is 0 Å². The van der Waals surface area contributed by atoms with Gasteiger partial charge in [-0.3, -0.25) is 15.0 Å². The molecular weight excluding hydrogens is 398 g/mol. The number of likely N-dealkylation sites (N-methyl/N-ethyl adjacent to an activating group) is 1. The number of ether oxygens (including phenoxy) is 1. The molecule has 2 heterocycles. The van der Waals surface area contributed by atoms with Crippen LogP contribution < -0.4 is 9.62 Å². The Morgan fingerprint density at radius 2 is 1.83 bits per heavy atom. The maximum atomic E-state index is 12.6. The summed E-state index contributed by atoms with van der Waals surface area (Å²) in [6.07, 6.45) is 0.667. The van der Waals surface area contributed by atoms with Gasteiger partial charge in [-0.1, -0.05) is 0 Å². The van der Waals surface area contributed by atoms with Crippen LogP contribution in [0.4, 0.5) is 11.4 Å². The standard InChI is InChI=1S/C18H29N5O5S/c1-20-7-9-22(10-8-20)17-4-3-16(15-18(17)23(24)25)29(26,27)19-5-2-6-21-11-13-28-14-12-21/h3-4,15,19H,2,5-14H2,1H3. The highest BCUT2D eigenvalue weighted by Gasteiger charge is 2.26. The summed E-state index contributed by atoms with van der Waals surface area (Å²) < 4.78 is 33.1. The second-order valence-corrected chi connectivity index (χ2v) is 9.17. The van der Waals surface area contributed by atoms with Gasteiger partial charge in [0.25, 0.3) is 5.69 Å². The number of piperazine rings is 1. The molecule has 1 aromatic carbocycles. The molecule has 0 amide bonds. The van der Waals surface area contributed by atoms with E-state index in [1.165, 1.54) is 6.07 Å². The predicted octanol–water partition coefficient (Wildman–Crippen LogP) is 0.347. The van der Waals surface area contributed by atoms with E-state index in [2.05, 4.69) is 14.5 Å². The van der Waals surface area contributed by atoms with E-state index in [4.69, 9.17) is 4.74 Å². The summed E-state index contributed by atoms with van der Waals surface area (Å²) in [5.74, 6) is 0. The third-order valence-corrected chi connectivity index (χ3v) is 6.80. The summed E-state index contributed by atoms with van der Waals surface area (Å²) in [4.78, 5) is 17.3. The number of benzene rings is 1. The zero-order valence-electron chi connectivity index (χ0n) is 16.7. The fraction of sp³-hybridized carbons (Fsp3) is 0.667. The van der Waals surface area contributed by atoms with E-state index in [-0.39, 0.29) is 17.1 Å². The molecule has 0 unspecified atom stereocenters. The lowest BCUT2D eigenvalue weighted by Crippen LogP contribution is -2.44. The third kappa shape index (κ3) is 5.86. The van der Waals surface area contributed by atoms with E-state index >= 15 is 0 Å². The number of anilines is 1. The molecule has 0 aliphatic carbocycles. The zero-order chi connectivity index (χ0) is 20.9. The van der Waals surface area contributed by atoms with Crippen LogP contribution >= 0.6 is 0 Å². The minimum Gasteiger partial charge on any atom is -0.379 e. The Morgan fingerprint density at radius 3 is 2.48 bits per heavy atom. The maximum Gasteiger partial charge on any atom is 0.293 e. The number of morpholine rings is 1. The first kappa shape index (κ1) is 21.9. The molecular formula is C18H29N5O5S. The Bertz CT molecular complexity index is 805. The molecule has 0 atom stereocenters. The SMILES string of the molecule is CN1CCN(c2ccc(S(=O)(=O)NCCCN3CCOCC3)cc2[N+](=O)[O-])CC1. The fourth-order valence-corrected chi connectivity index (χ4v) is 4.64. The Kier molecular flexibility index (Phi) is 7.41. The number of nitro benzene ring substituents is 1. The molecule has 0 spiro atoms. The topological polar surface area (TPSA) is 108 Å². The van der Waals surface area contributed by atoms with Crippen LogP contribution in [0.3, 0.4) is 0 Å². The average Bonchev–Trinajstić information content (AvgIpc) is 2.72. The summed E-state index contributed by atoms with van der Waals surface area (Å²) in [7, 11) is -1.79. The van der Waals surface area contributed by atoms with E-state index in [0.717, 1.165) is 38.8 Å². The number of rotatable bonds is 8. The quantitative estimate of drug-likeness (QED) is 0.360. The average molecular weight is 428 g/mol. The van der Waals surface area contributed by atoms with Gasteiger partial charge in [-0.05, 0) is 32.1 Å². The summed E-state index contributed by atoms with van der Waals surface area (Å²) in [5, 5.41) is 11.6. The Balaban J connectivity index is 1.63. The predicted molar refractivity (Wildman–Crippen MR) is 110 cm³/mol. The highest BCUT2D eigenvalue weighted by atomic mass is 32.2. The van der Waals surface area contributed by atoms with Gasteiger partial charge >= 0.3 is 0 Å². The van der Waals surface area contributed by atoms with Crippen molar-refractivity contribution in [2.24, 2.45) is 0 Å². The molecule has 3 rings (SSSR count). The monoisotopic (exact) mass is 427 g/mol. The number of nitro groups is 1. The van der Waals surface area contributed by atoms with E-state index in [0.29, 0.717) is 38.4 Å². The maximum absolute atomic E-state index is 12.6. The smallest absolute Gasteiger partial charge is 0.293 e. The minimum atomic E-state index is -3.80. The number of nitrogens with one attached hydrogen (secondary N) is 1. The summed E-state index contributed by atoms with van der Waals surface area (Å²) in [6.45, 7) is 7.14. The molecule has 10 nitrogen and oxygen atoms in total. The number of hydrogen-bond donors (Lipinski definition) is 1. The second kappa shape index (κ2) is 9.81. The van der Waals surface area contributed by atoms with Crippen LogP contribution in [0.15, 0.2) is 23.1 Å². The van der Waals surface area contributed by atoms with Crippen molar-refractivity contribution in [2.45, 2.75) is 11.3 Å². The van der Waals surface area contributed by atoms with Gasteiger partial charge in [0.1, 0.15) is 5.69 Å². The Hall–Kier alpha value is -1.79.